The number of benzene rings is 3. The molecular weight excluding hydrogens is 329 g/mol. The average Bonchev–Trinajstić information content (AvgIpc) is 2.47. The van der Waals surface area contributed by atoms with Gasteiger partial charge in [-0.25, -0.2) is 4.39 Å². The summed E-state index contributed by atoms with van der Waals surface area (Å²) in [5.74, 6) is -0.266. The molecule has 0 amide bonds. The highest BCUT2D eigenvalue weighted by atomic mass is 79.9. The van der Waals surface area contributed by atoms with E-state index in [1.807, 2.05) is 18.2 Å². The van der Waals surface area contributed by atoms with E-state index in [1.165, 1.54) is 16.8 Å². The van der Waals surface area contributed by atoms with Crippen LogP contribution in [0.25, 0.3) is 10.8 Å². The monoisotopic (exact) mass is 343 g/mol. The Kier molecular flexibility index (Phi) is 4.04. The number of rotatable bonds is 3. The molecule has 21 heavy (non-hydrogen) atoms. The summed E-state index contributed by atoms with van der Waals surface area (Å²) < 4.78 is 14.7. The third kappa shape index (κ3) is 2.99. The highest BCUT2D eigenvalue weighted by molar-refractivity contribution is 9.10. The van der Waals surface area contributed by atoms with E-state index in [0.29, 0.717) is 12.0 Å². The van der Waals surface area contributed by atoms with Crippen LogP contribution >= 0.6 is 15.9 Å². The lowest BCUT2D eigenvalue weighted by atomic mass is 9.97. The Morgan fingerprint density at radius 2 is 1.71 bits per heavy atom. The van der Waals surface area contributed by atoms with Crippen molar-refractivity contribution in [1.29, 1.82) is 0 Å². The maximum atomic E-state index is 13.9. The second-order valence-electron chi connectivity index (χ2n) is 5.13. The van der Waals surface area contributed by atoms with Crippen molar-refractivity contribution < 1.29 is 4.39 Å². The van der Waals surface area contributed by atoms with Gasteiger partial charge in [-0.05, 0) is 34.9 Å². The van der Waals surface area contributed by atoms with Gasteiger partial charge in [-0.2, -0.15) is 0 Å². The Balaban J connectivity index is 1.91. The lowest BCUT2D eigenvalue weighted by Crippen LogP contribution is -2.15. The highest BCUT2D eigenvalue weighted by Crippen LogP contribution is 2.28. The van der Waals surface area contributed by atoms with E-state index >= 15 is 0 Å². The van der Waals surface area contributed by atoms with Crippen molar-refractivity contribution in [2.75, 3.05) is 0 Å². The van der Waals surface area contributed by atoms with Crippen molar-refractivity contribution in [3.8, 4) is 0 Å². The zero-order chi connectivity index (χ0) is 14.8. The maximum Gasteiger partial charge on any atom is 0.129 e. The van der Waals surface area contributed by atoms with E-state index < -0.39 is 0 Å². The molecule has 3 aromatic carbocycles. The van der Waals surface area contributed by atoms with Crippen molar-refractivity contribution in [2.45, 2.75) is 12.5 Å². The minimum absolute atomic E-state index is 0.266. The predicted molar refractivity (Wildman–Crippen MR) is 88.7 cm³/mol. The fraction of sp³-hybridized carbons (Fsp3) is 0.111. The summed E-state index contributed by atoms with van der Waals surface area (Å²) in [4.78, 5) is 0. The van der Waals surface area contributed by atoms with Gasteiger partial charge in [0.1, 0.15) is 5.82 Å². The number of halogens is 2. The molecule has 0 radical (unpaired) electrons. The molecule has 3 heteroatoms. The quantitative estimate of drug-likeness (QED) is 0.712. The van der Waals surface area contributed by atoms with Crippen LogP contribution < -0.4 is 5.73 Å². The first-order chi connectivity index (χ1) is 10.1. The molecule has 1 unspecified atom stereocenters. The highest BCUT2D eigenvalue weighted by Gasteiger charge is 2.15. The maximum absolute atomic E-state index is 13.9. The number of hydrogen-bond acceptors (Lipinski definition) is 1. The van der Waals surface area contributed by atoms with Gasteiger partial charge in [-0.15, -0.1) is 0 Å². The van der Waals surface area contributed by atoms with Gasteiger partial charge in [-0.1, -0.05) is 64.5 Å². The van der Waals surface area contributed by atoms with E-state index in [4.69, 9.17) is 5.73 Å². The van der Waals surface area contributed by atoms with Crippen molar-refractivity contribution in [1.82, 2.24) is 0 Å². The van der Waals surface area contributed by atoms with Crippen LogP contribution in [0, 0.1) is 5.82 Å². The Morgan fingerprint density at radius 3 is 2.48 bits per heavy atom. The van der Waals surface area contributed by atoms with Gasteiger partial charge in [0.05, 0.1) is 0 Å². The van der Waals surface area contributed by atoms with Gasteiger partial charge in [-0.3, -0.25) is 0 Å². The largest absolute Gasteiger partial charge is 0.324 e. The summed E-state index contributed by atoms with van der Waals surface area (Å²) in [7, 11) is 0. The third-order valence-electron chi connectivity index (χ3n) is 3.64. The number of nitrogens with two attached hydrogens (primary N) is 1. The summed E-state index contributed by atoms with van der Waals surface area (Å²) in [5, 5.41) is 2.37. The minimum Gasteiger partial charge on any atom is -0.324 e. The fourth-order valence-electron chi connectivity index (χ4n) is 2.59. The molecule has 0 heterocycles. The van der Waals surface area contributed by atoms with Crippen LogP contribution in [-0.4, -0.2) is 0 Å². The second-order valence-corrected chi connectivity index (χ2v) is 5.98. The standard InChI is InChI=1S/C18H15BrFN/c19-15-6-3-7-16(20)18(15)17(21)11-12-8-9-13-4-1-2-5-14(13)10-12/h1-10,17H,11,21H2. The molecule has 106 valence electrons. The molecule has 0 bridgehead atoms. The molecule has 3 aromatic rings. The average molecular weight is 344 g/mol. The molecule has 0 aliphatic carbocycles. The van der Waals surface area contributed by atoms with E-state index in [1.54, 1.807) is 6.07 Å². The molecule has 0 fully saturated rings. The minimum atomic E-state index is -0.373. The third-order valence-corrected chi connectivity index (χ3v) is 4.33. The van der Waals surface area contributed by atoms with Crippen LogP contribution in [0.4, 0.5) is 4.39 Å². The molecule has 3 rings (SSSR count). The summed E-state index contributed by atoms with van der Waals surface area (Å²) in [5.41, 5.74) is 7.84. The zero-order valence-electron chi connectivity index (χ0n) is 11.4. The Morgan fingerprint density at radius 1 is 0.952 bits per heavy atom. The van der Waals surface area contributed by atoms with Crippen LogP contribution in [0.1, 0.15) is 17.2 Å². The molecule has 1 atom stereocenters. The van der Waals surface area contributed by atoms with E-state index in [0.717, 1.165) is 10.0 Å². The van der Waals surface area contributed by atoms with Gasteiger partial charge in [0.2, 0.25) is 0 Å². The van der Waals surface area contributed by atoms with Crippen molar-refractivity contribution in [2.24, 2.45) is 5.73 Å². The molecule has 0 saturated carbocycles. The first-order valence-corrected chi connectivity index (χ1v) is 7.61. The molecule has 1 nitrogen and oxygen atoms in total. The lowest BCUT2D eigenvalue weighted by molar-refractivity contribution is 0.578. The molecule has 0 aliphatic rings. The Hall–Kier alpha value is -1.71. The van der Waals surface area contributed by atoms with Crippen LogP contribution in [-0.2, 0) is 6.42 Å². The summed E-state index contributed by atoms with van der Waals surface area (Å²) >= 11 is 3.38. The van der Waals surface area contributed by atoms with Crippen molar-refractivity contribution >= 4 is 26.7 Å². The fourth-order valence-corrected chi connectivity index (χ4v) is 3.22. The molecule has 0 aliphatic heterocycles. The molecule has 0 aromatic heterocycles. The first kappa shape index (κ1) is 14.2. The number of fused-ring (bicyclic) bond motifs is 1. The van der Waals surface area contributed by atoms with Gasteiger partial charge in [0, 0.05) is 16.1 Å². The van der Waals surface area contributed by atoms with Crippen molar-refractivity contribution in [3.05, 3.63) is 82.1 Å². The van der Waals surface area contributed by atoms with Crippen LogP contribution in [0.15, 0.2) is 65.1 Å². The van der Waals surface area contributed by atoms with Gasteiger partial charge >= 0.3 is 0 Å². The second kappa shape index (κ2) is 5.96. The SMILES string of the molecule is NC(Cc1ccc2ccccc2c1)c1c(F)cccc1Br. The van der Waals surface area contributed by atoms with Crippen molar-refractivity contribution in [3.63, 3.8) is 0 Å². The van der Waals surface area contributed by atoms with Crippen LogP contribution in [0.3, 0.4) is 0 Å². The van der Waals surface area contributed by atoms with Gasteiger partial charge in [0.15, 0.2) is 0 Å². The molecule has 2 N–H and O–H groups in total. The van der Waals surface area contributed by atoms with E-state index in [-0.39, 0.29) is 11.9 Å². The van der Waals surface area contributed by atoms with Crippen LogP contribution in [0.5, 0.6) is 0 Å². The normalized spacial score (nSPS) is 12.5. The van der Waals surface area contributed by atoms with Gasteiger partial charge in [0.25, 0.3) is 0 Å². The Labute approximate surface area is 131 Å². The Bertz CT molecular complexity index is 765. The molecule has 0 saturated heterocycles. The van der Waals surface area contributed by atoms with E-state index in [9.17, 15) is 4.39 Å². The number of hydrogen-bond donors (Lipinski definition) is 1. The van der Waals surface area contributed by atoms with Crippen LogP contribution in [0.2, 0.25) is 0 Å². The van der Waals surface area contributed by atoms with Gasteiger partial charge < -0.3 is 5.73 Å². The summed E-state index contributed by atoms with van der Waals surface area (Å²) in [6, 6.07) is 19.0. The topological polar surface area (TPSA) is 26.0 Å². The predicted octanol–water partition coefficient (Wildman–Crippen LogP) is 4.98. The van der Waals surface area contributed by atoms with E-state index in [2.05, 4.69) is 46.3 Å². The first-order valence-electron chi connectivity index (χ1n) is 6.82. The summed E-state index contributed by atoms with van der Waals surface area (Å²) in [6.07, 6.45) is 0.602. The zero-order valence-corrected chi connectivity index (χ0v) is 13.0. The molecular formula is C18H15BrFN. The smallest absolute Gasteiger partial charge is 0.129 e. The molecule has 0 spiro atoms. The summed E-state index contributed by atoms with van der Waals surface area (Å²) in [6.45, 7) is 0. The lowest BCUT2D eigenvalue weighted by Gasteiger charge is -2.15.